The summed E-state index contributed by atoms with van der Waals surface area (Å²) < 4.78 is 2.27. The van der Waals surface area contributed by atoms with Gasteiger partial charge in [0.05, 0.1) is 11.0 Å². The van der Waals surface area contributed by atoms with E-state index in [9.17, 15) is 0 Å². The molecule has 0 bridgehead atoms. The summed E-state index contributed by atoms with van der Waals surface area (Å²) in [6.45, 7) is 4.35. The maximum atomic E-state index is 5.24. The first-order valence-corrected chi connectivity index (χ1v) is 21.5. The van der Waals surface area contributed by atoms with E-state index in [-0.39, 0.29) is 0 Å². The molecule has 11 aromatic rings. The zero-order chi connectivity index (χ0) is 42.3. The smallest absolute Gasteiger partial charge is 0.145 e. The first-order chi connectivity index (χ1) is 31.2. The Labute approximate surface area is 366 Å². The number of allylic oxidation sites excluding steroid dienone is 3. The quantitative estimate of drug-likeness (QED) is 0.113. The molecular weight excluding hydrogens is 765 g/mol. The second kappa shape index (κ2) is 16.0. The van der Waals surface area contributed by atoms with Gasteiger partial charge in [0.1, 0.15) is 5.82 Å². The van der Waals surface area contributed by atoms with E-state index < -0.39 is 0 Å². The molecule has 8 aromatic carbocycles. The van der Waals surface area contributed by atoms with Crippen molar-refractivity contribution in [1.29, 1.82) is 0 Å². The van der Waals surface area contributed by atoms with Gasteiger partial charge < -0.3 is 0 Å². The molecule has 0 saturated heterocycles. The number of benzene rings is 8. The molecule has 0 atom stereocenters. The summed E-state index contributed by atoms with van der Waals surface area (Å²) in [5, 5.41) is 7.18. The Morgan fingerprint density at radius 1 is 0.429 bits per heavy atom. The summed E-state index contributed by atoms with van der Waals surface area (Å²) >= 11 is 0. The number of para-hydroxylation sites is 3. The highest BCUT2D eigenvalue weighted by Crippen LogP contribution is 2.48. The maximum absolute atomic E-state index is 5.24. The summed E-state index contributed by atoms with van der Waals surface area (Å²) in [6, 6.07) is 61.1. The Bertz CT molecular complexity index is 3570. The molecule has 0 N–H and O–H groups in total. The van der Waals surface area contributed by atoms with E-state index in [1.165, 1.54) is 65.7 Å². The number of fused-ring (bicyclic) bond motifs is 4. The number of pyridine rings is 2. The van der Waals surface area contributed by atoms with Crippen LogP contribution in [0.3, 0.4) is 0 Å². The second-order valence-corrected chi connectivity index (χ2v) is 15.9. The third kappa shape index (κ3) is 6.52. The van der Waals surface area contributed by atoms with Gasteiger partial charge in [-0.2, -0.15) is 0 Å². The highest BCUT2D eigenvalue weighted by Gasteiger charge is 2.22. The Balaban J connectivity index is 1.18. The van der Waals surface area contributed by atoms with Crippen LogP contribution in [0.15, 0.2) is 213 Å². The van der Waals surface area contributed by atoms with Crippen LogP contribution >= 0.6 is 0 Å². The third-order valence-electron chi connectivity index (χ3n) is 12.3. The molecule has 3 aromatic heterocycles. The minimum atomic E-state index is 0.913. The van der Waals surface area contributed by atoms with Crippen LogP contribution in [0.5, 0.6) is 0 Å². The molecule has 0 aliphatic carbocycles. The maximum Gasteiger partial charge on any atom is 0.145 e. The molecule has 0 radical (unpaired) electrons. The molecular formula is C59H42N4. The van der Waals surface area contributed by atoms with Gasteiger partial charge in [-0.05, 0) is 162 Å². The SMILES string of the molecule is C/C=C\C=C/c1c(C)c(-c2cccc(-c3nc4ccccc4n3-c3ccccc3)c2)c2ccccc2c1-c1ccc2c(-c3ccncc3)c3ccccc3c(-c3ccncc3)c2c1. The molecule has 4 nitrogen and oxygen atoms in total. The lowest BCUT2D eigenvalue weighted by molar-refractivity contribution is 1.10. The fourth-order valence-corrected chi connectivity index (χ4v) is 9.61. The molecule has 0 unspecified atom stereocenters. The van der Waals surface area contributed by atoms with Crippen LogP contribution in [-0.4, -0.2) is 19.5 Å². The van der Waals surface area contributed by atoms with Gasteiger partial charge in [0.2, 0.25) is 0 Å². The van der Waals surface area contributed by atoms with Crippen molar-refractivity contribution in [2.75, 3.05) is 0 Å². The standard InChI is InChI=1S/C59H42N4/c1-3-4-6-20-46-39(2)55(42-16-15-17-44(37-42)59-62-53-25-13-14-26-54(53)63(59)45-18-7-5-8-19-45)47-21-9-10-22-48(47)58(46)43-27-28-51-52(38-43)57(41-31-35-61-36-32-41)50-24-12-11-23-49(50)56(51)40-29-33-60-34-30-40/h3-38H,1-2H3/b4-3-,20-6-. The molecule has 298 valence electrons. The fraction of sp³-hybridized carbons (Fsp3) is 0.0339. The number of imidazole rings is 1. The second-order valence-electron chi connectivity index (χ2n) is 15.9. The Kier molecular flexibility index (Phi) is 9.59. The summed E-state index contributed by atoms with van der Waals surface area (Å²) in [4.78, 5) is 14.0. The number of rotatable bonds is 8. The van der Waals surface area contributed by atoms with Gasteiger partial charge in [-0.3, -0.25) is 14.5 Å². The van der Waals surface area contributed by atoms with Gasteiger partial charge in [-0.15, -0.1) is 0 Å². The molecule has 0 fully saturated rings. The highest BCUT2D eigenvalue weighted by atomic mass is 15.1. The van der Waals surface area contributed by atoms with Crippen molar-refractivity contribution in [2.45, 2.75) is 13.8 Å². The van der Waals surface area contributed by atoms with Crippen LogP contribution in [0.2, 0.25) is 0 Å². The van der Waals surface area contributed by atoms with Gasteiger partial charge >= 0.3 is 0 Å². The minimum Gasteiger partial charge on any atom is -0.292 e. The van der Waals surface area contributed by atoms with Crippen LogP contribution in [0.1, 0.15) is 18.1 Å². The Hall–Kier alpha value is -8.21. The van der Waals surface area contributed by atoms with Crippen molar-refractivity contribution in [3.8, 4) is 61.6 Å². The van der Waals surface area contributed by atoms with Crippen LogP contribution in [0.4, 0.5) is 0 Å². The summed E-state index contributed by atoms with van der Waals surface area (Å²) in [5.41, 5.74) is 16.0. The van der Waals surface area contributed by atoms with E-state index in [2.05, 4.69) is 223 Å². The van der Waals surface area contributed by atoms with Crippen LogP contribution in [0, 0.1) is 6.92 Å². The lowest BCUT2D eigenvalue weighted by Gasteiger charge is -2.22. The molecule has 0 saturated carbocycles. The molecule has 0 aliphatic rings. The van der Waals surface area contributed by atoms with Gasteiger partial charge in [-0.25, -0.2) is 4.98 Å². The topological polar surface area (TPSA) is 43.6 Å². The third-order valence-corrected chi connectivity index (χ3v) is 12.3. The molecule has 0 amide bonds. The van der Waals surface area contributed by atoms with Crippen molar-refractivity contribution in [3.05, 3.63) is 224 Å². The van der Waals surface area contributed by atoms with E-state index in [1.54, 1.807) is 0 Å². The molecule has 63 heavy (non-hydrogen) atoms. The average Bonchev–Trinajstić information content (AvgIpc) is 3.74. The number of aromatic nitrogens is 4. The number of hydrogen-bond acceptors (Lipinski definition) is 3. The summed E-state index contributed by atoms with van der Waals surface area (Å²) in [6.07, 6.45) is 16.2. The van der Waals surface area contributed by atoms with Crippen molar-refractivity contribution >= 4 is 49.4 Å². The van der Waals surface area contributed by atoms with E-state index in [0.29, 0.717) is 0 Å². The minimum absolute atomic E-state index is 0.913. The fourth-order valence-electron chi connectivity index (χ4n) is 9.61. The predicted octanol–water partition coefficient (Wildman–Crippen LogP) is 15.5. The van der Waals surface area contributed by atoms with E-state index >= 15 is 0 Å². The largest absolute Gasteiger partial charge is 0.292 e. The van der Waals surface area contributed by atoms with Gasteiger partial charge in [-0.1, -0.05) is 133 Å². The number of nitrogens with zero attached hydrogens (tertiary/aromatic N) is 4. The lowest BCUT2D eigenvalue weighted by Crippen LogP contribution is -1.99. The van der Waals surface area contributed by atoms with Crippen molar-refractivity contribution in [2.24, 2.45) is 0 Å². The molecule has 3 heterocycles. The first kappa shape index (κ1) is 37.8. The van der Waals surface area contributed by atoms with Crippen molar-refractivity contribution < 1.29 is 0 Å². The zero-order valence-electron chi connectivity index (χ0n) is 35.1. The zero-order valence-corrected chi connectivity index (χ0v) is 35.1. The normalized spacial score (nSPS) is 11.8. The molecule has 0 aliphatic heterocycles. The summed E-state index contributed by atoms with van der Waals surface area (Å²) in [7, 11) is 0. The van der Waals surface area contributed by atoms with Crippen LogP contribution in [-0.2, 0) is 0 Å². The van der Waals surface area contributed by atoms with Crippen LogP contribution < -0.4 is 0 Å². The van der Waals surface area contributed by atoms with E-state index in [0.717, 1.165) is 50.4 Å². The highest BCUT2D eigenvalue weighted by molar-refractivity contribution is 6.22. The van der Waals surface area contributed by atoms with E-state index in [4.69, 9.17) is 4.98 Å². The average molecular weight is 807 g/mol. The Morgan fingerprint density at radius 3 is 1.67 bits per heavy atom. The van der Waals surface area contributed by atoms with Gasteiger partial charge in [0.15, 0.2) is 0 Å². The van der Waals surface area contributed by atoms with Crippen molar-refractivity contribution in [3.63, 3.8) is 0 Å². The van der Waals surface area contributed by atoms with Gasteiger partial charge in [0, 0.05) is 36.0 Å². The van der Waals surface area contributed by atoms with Crippen LogP contribution in [0.25, 0.3) is 111 Å². The Morgan fingerprint density at radius 2 is 0.984 bits per heavy atom. The van der Waals surface area contributed by atoms with Crippen molar-refractivity contribution in [1.82, 2.24) is 19.5 Å². The predicted molar refractivity (Wildman–Crippen MR) is 265 cm³/mol. The van der Waals surface area contributed by atoms with Gasteiger partial charge in [0.25, 0.3) is 0 Å². The monoisotopic (exact) mass is 806 g/mol. The molecule has 0 spiro atoms. The summed E-state index contributed by atoms with van der Waals surface area (Å²) in [5.74, 6) is 0.913. The molecule has 4 heteroatoms. The molecule has 11 rings (SSSR count). The first-order valence-electron chi connectivity index (χ1n) is 21.5. The number of hydrogen-bond donors (Lipinski definition) is 0. The van der Waals surface area contributed by atoms with E-state index in [1.807, 2.05) is 24.8 Å². The lowest BCUT2D eigenvalue weighted by atomic mass is 9.81.